The summed E-state index contributed by atoms with van der Waals surface area (Å²) in [4.78, 5) is 24.8. The molecule has 8 nitrogen and oxygen atoms in total. The van der Waals surface area contributed by atoms with E-state index in [1.807, 2.05) is 0 Å². The van der Waals surface area contributed by atoms with E-state index in [9.17, 15) is 32.6 Å². The summed E-state index contributed by atoms with van der Waals surface area (Å²) in [6, 6.07) is 8.12. The van der Waals surface area contributed by atoms with E-state index in [1.54, 1.807) is 6.92 Å². The fourth-order valence-corrected chi connectivity index (χ4v) is 7.75. The first-order chi connectivity index (χ1) is 17.3. The largest absolute Gasteiger partial charge is 0.392 e. The Morgan fingerprint density at radius 3 is 2.46 bits per heavy atom. The summed E-state index contributed by atoms with van der Waals surface area (Å²) in [7, 11) is -3.94. The molecule has 0 heterocycles. The second kappa shape index (κ2) is 10.3. The van der Waals surface area contributed by atoms with Crippen molar-refractivity contribution in [2.75, 3.05) is 11.9 Å². The summed E-state index contributed by atoms with van der Waals surface area (Å²) in [5, 5.41) is 24.8. The van der Waals surface area contributed by atoms with Gasteiger partial charge < -0.3 is 20.8 Å². The summed E-state index contributed by atoms with van der Waals surface area (Å²) < 4.78 is 40.6. The van der Waals surface area contributed by atoms with Gasteiger partial charge in [-0.3, -0.25) is 9.59 Å². The minimum Gasteiger partial charge on any atom is -0.392 e. The first kappa shape index (κ1) is 27.5. The molecule has 2 bridgehead atoms. The van der Waals surface area contributed by atoms with E-state index in [2.05, 4.69) is 10.6 Å². The van der Waals surface area contributed by atoms with Gasteiger partial charge in [0, 0.05) is 17.8 Å². The van der Waals surface area contributed by atoms with Crippen LogP contribution in [0.3, 0.4) is 0 Å². The molecule has 0 aromatic heterocycles. The molecular weight excluding hydrogens is 523 g/mol. The molecule has 3 aliphatic carbocycles. The van der Waals surface area contributed by atoms with Gasteiger partial charge in [0.2, 0.25) is 5.91 Å². The number of carbonyl (C=O) groups excluding carboxylic acids is 2. The Morgan fingerprint density at radius 2 is 1.84 bits per heavy atom. The van der Waals surface area contributed by atoms with Gasteiger partial charge in [-0.05, 0) is 86.9 Å². The van der Waals surface area contributed by atoms with Crippen LogP contribution >= 0.6 is 11.6 Å². The molecule has 2 aromatic carbocycles. The molecule has 3 fully saturated rings. The summed E-state index contributed by atoms with van der Waals surface area (Å²) >= 11 is 6.26. The van der Waals surface area contributed by atoms with Crippen LogP contribution in [0.15, 0.2) is 41.3 Å². The fourth-order valence-electron chi connectivity index (χ4n) is 5.35. The zero-order valence-corrected chi connectivity index (χ0v) is 22.1. The fraction of sp³-hybridized carbons (Fsp3) is 0.462. The van der Waals surface area contributed by atoms with E-state index in [0.29, 0.717) is 17.7 Å². The Bertz CT molecular complexity index is 1320. The zero-order valence-electron chi connectivity index (χ0n) is 20.5. The van der Waals surface area contributed by atoms with E-state index in [1.165, 1.54) is 43.3 Å². The highest BCUT2D eigenvalue weighted by molar-refractivity contribution is 7.92. The molecule has 37 heavy (non-hydrogen) atoms. The normalized spacial score (nSPS) is 25.6. The smallest absolute Gasteiger partial charge is 0.255 e. The third-order valence-corrected chi connectivity index (χ3v) is 10.1. The van der Waals surface area contributed by atoms with Crippen molar-refractivity contribution < 1.29 is 32.6 Å². The van der Waals surface area contributed by atoms with Crippen molar-refractivity contribution in [3.63, 3.8) is 0 Å². The SMILES string of the molecule is Cc1cc(NC(=O)c2ccc(Cl)c(S(=O)(=O)C3CC4CC(C3)C4(O)CC(=O)NC[C@H](C)O)c2)ccc1F. The van der Waals surface area contributed by atoms with Crippen molar-refractivity contribution >= 4 is 38.9 Å². The molecule has 11 heteroatoms. The number of carbonyl (C=O) groups is 2. The number of aliphatic hydroxyl groups is 2. The third-order valence-electron chi connectivity index (χ3n) is 7.47. The van der Waals surface area contributed by atoms with Gasteiger partial charge in [0.25, 0.3) is 5.91 Å². The van der Waals surface area contributed by atoms with E-state index < -0.39 is 44.4 Å². The van der Waals surface area contributed by atoms with E-state index in [4.69, 9.17) is 11.6 Å². The Balaban J connectivity index is 1.48. The van der Waals surface area contributed by atoms with Crippen LogP contribution in [0.2, 0.25) is 5.02 Å². The highest BCUT2D eigenvalue weighted by Gasteiger charge is 2.60. The number of hydrogen-bond acceptors (Lipinski definition) is 6. The zero-order chi connectivity index (χ0) is 27.1. The van der Waals surface area contributed by atoms with Crippen LogP contribution in [0.1, 0.15) is 48.5 Å². The molecule has 0 aliphatic heterocycles. The van der Waals surface area contributed by atoms with Crippen molar-refractivity contribution in [3.8, 4) is 0 Å². The molecule has 3 aliphatic rings. The number of nitrogens with one attached hydrogen (secondary N) is 2. The van der Waals surface area contributed by atoms with Gasteiger partial charge >= 0.3 is 0 Å². The number of halogens is 2. The van der Waals surface area contributed by atoms with Crippen LogP contribution in [0.5, 0.6) is 0 Å². The summed E-state index contributed by atoms with van der Waals surface area (Å²) in [5.74, 6) is -2.10. The van der Waals surface area contributed by atoms with Gasteiger partial charge in [-0.15, -0.1) is 0 Å². The lowest BCUT2D eigenvalue weighted by Gasteiger charge is -2.58. The molecule has 2 amide bonds. The lowest BCUT2D eigenvalue weighted by molar-refractivity contribution is -0.183. The van der Waals surface area contributed by atoms with Gasteiger partial charge in [0.05, 0.1) is 33.3 Å². The summed E-state index contributed by atoms with van der Waals surface area (Å²) in [6.07, 6.45) is 0.0957. The maximum atomic E-state index is 13.6. The van der Waals surface area contributed by atoms with Crippen LogP contribution in [-0.2, 0) is 14.6 Å². The first-order valence-electron chi connectivity index (χ1n) is 12.1. The molecule has 3 saturated carbocycles. The number of rotatable bonds is 8. The van der Waals surface area contributed by atoms with Crippen molar-refractivity contribution in [2.24, 2.45) is 11.8 Å². The summed E-state index contributed by atoms with van der Waals surface area (Å²) in [5.41, 5.74) is -0.480. The van der Waals surface area contributed by atoms with Crippen molar-refractivity contribution in [1.29, 1.82) is 0 Å². The molecule has 200 valence electrons. The molecule has 2 unspecified atom stereocenters. The van der Waals surface area contributed by atoms with Crippen molar-refractivity contribution in [1.82, 2.24) is 5.32 Å². The van der Waals surface area contributed by atoms with Crippen LogP contribution in [0.4, 0.5) is 10.1 Å². The average Bonchev–Trinajstić information content (AvgIpc) is 2.85. The Hall–Kier alpha value is -2.53. The second-order valence-electron chi connectivity index (χ2n) is 10.2. The molecule has 3 atom stereocenters. The number of aryl methyl sites for hydroxylation is 1. The highest BCUT2D eigenvalue weighted by atomic mass is 35.5. The summed E-state index contributed by atoms with van der Waals surface area (Å²) in [6.45, 7) is 3.18. The number of amides is 2. The van der Waals surface area contributed by atoms with Crippen molar-refractivity contribution in [3.05, 3.63) is 58.4 Å². The van der Waals surface area contributed by atoms with Gasteiger partial charge in [-0.2, -0.15) is 0 Å². The molecule has 2 aromatic rings. The Labute approximate surface area is 220 Å². The maximum absolute atomic E-state index is 13.6. The Morgan fingerprint density at radius 1 is 1.16 bits per heavy atom. The molecule has 5 rings (SSSR count). The number of aliphatic hydroxyl groups excluding tert-OH is 1. The van der Waals surface area contributed by atoms with E-state index >= 15 is 0 Å². The van der Waals surface area contributed by atoms with E-state index in [0.717, 1.165) is 0 Å². The van der Waals surface area contributed by atoms with Crippen LogP contribution in [0.25, 0.3) is 0 Å². The minimum absolute atomic E-state index is 0.0128. The topological polar surface area (TPSA) is 133 Å². The lowest BCUT2D eigenvalue weighted by atomic mass is 9.52. The second-order valence-corrected chi connectivity index (χ2v) is 12.8. The maximum Gasteiger partial charge on any atom is 0.255 e. The van der Waals surface area contributed by atoms with Gasteiger partial charge in [-0.25, -0.2) is 12.8 Å². The third kappa shape index (κ3) is 5.52. The molecular formula is C26H30ClFN2O6S. The molecule has 0 spiro atoms. The van der Waals surface area contributed by atoms with Crippen LogP contribution in [-0.4, -0.2) is 53.9 Å². The van der Waals surface area contributed by atoms with Crippen LogP contribution in [0, 0.1) is 24.6 Å². The predicted molar refractivity (Wildman–Crippen MR) is 137 cm³/mol. The average molecular weight is 553 g/mol. The standard InChI is InChI=1S/C26H30ClFN2O6S/c1-14-7-19(4-6-22(14)28)30-25(33)16-3-5-21(27)23(8-16)37(35,36)20-10-17-9-18(11-20)26(17,34)12-24(32)29-13-15(2)31/h3-8,15,17-18,20,31,34H,9-13H2,1-2H3,(H,29,32)(H,30,33)/t15-,17?,18?,20?,26?/m0/s1. The highest BCUT2D eigenvalue weighted by Crippen LogP contribution is 2.57. The van der Waals surface area contributed by atoms with Gasteiger partial charge in [-0.1, -0.05) is 11.6 Å². The lowest BCUT2D eigenvalue weighted by Crippen LogP contribution is -2.63. The first-order valence-corrected chi connectivity index (χ1v) is 14.0. The quantitative estimate of drug-likeness (QED) is 0.397. The number of fused-ring (bicyclic) bond motifs is 2. The van der Waals surface area contributed by atoms with Crippen molar-refractivity contribution in [2.45, 2.75) is 61.4 Å². The Kier molecular flexibility index (Phi) is 7.67. The minimum atomic E-state index is -3.94. The van der Waals surface area contributed by atoms with Gasteiger partial charge in [0.15, 0.2) is 9.84 Å². The van der Waals surface area contributed by atoms with Gasteiger partial charge in [0.1, 0.15) is 5.82 Å². The molecule has 4 N–H and O–H groups in total. The monoisotopic (exact) mass is 552 g/mol. The number of sulfone groups is 1. The molecule has 0 radical (unpaired) electrons. The van der Waals surface area contributed by atoms with E-state index in [-0.39, 0.29) is 53.1 Å². The number of anilines is 1. The van der Waals surface area contributed by atoms with Crippen LogP contribution < -0.4 is 10.6 Å². The molecule has 0 saturated heterocycles. The number of hydrogen-bond donors (Lipinski definition) is 4. The number of benzene rings is 2. The predicted octanol–water partition coefficient (Wildman–Crippen LogP) is 3.23.